The molecule has 186 valence electrons. The van der Waals surface area contributed by atoms with Gasteiger partial charge in [0.25, 0.3) is 0 Å². The molecule has 0 heterocycles. The predicted octanol–water partition coefficient (Wildman–Crippen LogP) is 9.19. The minimum Gasteiger partial charge on any atom is -0.414 e. The topological polar surface area (TPSA) is 9.23 Å². The number of hydrogen-bond donors (Lipinski definition) is 0. The molecule has 0 aliphatic heterocycles. The first-order chi connectivity index (χ1) is 16.1. The highest BCUT2D eigenvalue weighted by molar-refractivity contribution is 6.69. The van der Waals surface area contributed by atoms with Crippen LogP contribution < -0.4 is 0 Å². The van der Waals surface area contributed by atoms with Crippen LogP contribution in [-0.4, -0.2) is 14.4 Å². The Balaban J connectivity index is 1.61. The fourth-order valence-corrected chi connectivity index (χ4v) is 8.83. The van der Waals surface area contributed by atoms with E-state index in [1.165, 1.54) is 25.7 Å². The molecule has 2 heteroatoms. The molecule has 0 amide bonds. The lowest BCUT2D eigenvalue weighted by atomic mass is 9.50. The van der Waals surface area contributed by atoms with Gasteiger partial charge in [0, 0.05) is 8.85 Å². The molecule has 33 heavy (non-hydrogen) atoms. The molecular weight excluding hydrogens is 416 g/mol. The molecular formula is C31H52OSi. The van der Waals surface area contributed by atoms with E-state index < -0.39 is 14.7 Å². The van der Waals surface area contributed by atoms with Crippen LogP contribution in [0.1, 0.15) is 89.2 Å². The van der Waals surface area contributed by atoms with Gasteiger partial charge in [-0.15, -0.1) is 0 Å². The molecule has 8 atom stereocenters. The first-order valence-corrected chi connectivity index (χ1v) is 17.3. The van der Waals surface area contributed by atoms with Crippen molar-refractivity contribution in [1.29, 1.82) is 0 Å². The van der Waals surface area contributed by atoms with Gasteiger partial charge in [0.05, 0.1) is 0 Å². The summed E-state index contributed by atoms with van der Waals surface area (Å²) in [5.41, 5.74) is 2.97. The monoisotopic (exact) mass is 470 g/mol. The van der Waals surface area contributed by atoms with Crippen molar-refractivity contribution >= 4 is 8.32 Å². The normalized spacial score (nSPS) is 43.1. The molecule has 3 saturated carbocycles. The predicted molar refractivity (Wildman–Crippen MR) is 146 cm³/mol. The average molecular weight is 471 g/mol. The minimum absolute atomic E-state index is 0.0650. The summed E-state index contributed by atoms with van der Waals surface area (Å²) in [7, 11) is -1.80. The van der Waals surface area contributed by atoms with Crippen LogP contribution in [0.4, 0.5) is 0 Å². The molecule has 0 aromatic heterocycles. The van der Waals surface area contributed by atoms with Gasteiger partial charge in [-0.05, 0) is 111 Å². The van der Waals surface area contributed by atoms with E-state index in [9.17, 15) is 0 Å². The Hall–Kier alpha value is -0.603. The Kier molecular flexibility index (Phi) is 6.31. The van der Waals surface area contributed by atoms with Crippen LogP contribution in [0.5, 0.6) is 0 Å². The number of fused-ring (bicyclic) bond motifs is 5. The van der Waals surface area contributed by atoms with Crippen molar-refractivity contribution in [2.75, 3.05) is 0 Å². The Morgan fingerprint density at radius 3 is 2.36 bits per heavy atom. The van der Waals surface area contributed by atoms with Crippen molar-refractivity contribution < 1.29 is 7.17 Å². The summed E-state index contributed by atoms with van der Waals surface area (Å²) in [6, 6.07) is 0. The lowest BCUT2D eigenvalue weighted by Crippen LogP contribution is -2.47. The van der Waals surface area contributed by atoms with Crippen LogP contribution in [0.15, 0.2) is 35.5 Å². The highest BCUT2D eigenvalue weighted by Gasteiger charge is 2.56. The van der Waals surface area contributed by atoms with Crippen LogP contribution in [0.25, 0.3) is 0 Å². The SMILES string of the molecule is [2H]C1([2H])C2=CC=C3C(CC[C@@]4(C)C3CC[C@@H]4C(C)/C=C/C(C)C(C)C)[C@@]2(C)CCC1O[Si](C)(C)C. The van der Waals surface area contributed by atoms with Crippen molar-refractivity contribution in [1.82, 2.24) is 0 Å². The molecule has 3 fully saturated rings. The maximum Gasteiger partial charge on any atom is 0.184 e. The van der Waals surface area contributed by atoms with Gasteiger partial charge < -0.3 is 4.43 Å². The molecule has 0 saturated heterocycles. The van der Waals surface area contributed by atoms with Crippen LogP contribution >= 0.6 is 0 Å². The van der Waals surface area contributed by atoms with Gasteiger partial charge in [0.15, 0.2) is 8.32 Å². The van der Waals surface area contributed by atoms with Gasteiger partial charge in [-0.2, -0.15) is 0 Å². The number of hydrogen-bond acceptors (Lipinski definition) is 1. The molecule has 0 aromatic carbocycles. The van der Waals surface area contributed by atoms with E-state index in [0.29, 0.717) is 35.0 Å². The zero-order valence-corrected chi connectivity index (χ0v) is 24.0. The van der Waals surface area contributed by atoms with Crippen LogP contribution in [0, 0.1) is 46.3 Å². The maximum absolute atomic E-state index is 9.16. The first-order valence-electron chi connectivity index (χ1n) is 14.9. The van der Waals surface area contributed by atoms with Crippen molar-refractivity contribution in [2.45, 2.75) is 112 Å². The number of rotatable bonds is 6. The highest BCUT2D eigenvalue weighted by Crippen LogP contribution is 2.66. The van der Waals surface area contributed by atoms with E-state index in [1.54, 1.807) is 5.57 Å². The Morgan fingerprint density at radius 2 is 1.70 bits per heavy atom. The van der Waals surface area contributed by atoms with Crippen LogP contribution in [-0.2, 0) is 4.43 Å². The molecule has 0 aromatic rings. The maximum atomic E-state index is 9.16. The second-order valence-corrected chi connectivity index (χ2v) is 18.2. The molecule has 4 aliphatic carbocycles. The van der Waals surface area contributed by atoms with Crippen molar-refractivity contribution in [3.05, 3.63) is 35.5 Å². The van der Waals surface area contributed by atoms with E-state index >= 15 is 0 Å². The third-order valence-electron chi connectivity index (χ3n) is 10.2. The summed E-state index contributed by atoms with van der Waals surface area (Å²) in [4.78, 5) is 0. The van der Waals surface area contributed by atoms with E-state index in [4.69, 9.17) is 7.17 Å². The van der Waals surface area contributed by atoms with Crippen molar-refractivity contribution in [2.24, 2.45) is 46.3 Å². The van der Waals surface area contributed by atoms with E-state index in [0.717, 1.165) is 24.3 Å². The van der Waals surface area contributed by atoms with Gasteiger partial charge in [0.2, 0.25) is 0 Å². The smallest absolute Gasteiger partial charge is 0.184 e. The molecule has 0 N–H and O–H groups in total. The summed E-state index contributed by atoms with van der Waals surface area (Å²) in [5, 5.41) is 0. The lowest BCUT2D eigenvalue weighted by molar-refractivity contribution is 0.0417. The fourth-order valence-electron chi connectivity index (χ4n) is 7.80. The molecule has 0 bridgehead atoms. The Bertz CT molecular complexity index is 896. The molecule has 4 rings (SSSR count). The molecule has 1 nitrogen and oxygen atoms in total. The first kappa shape index (κ1) is 22.8. The van der Waals surface area contributed by atoms with E-state index in [1.807, 2.05) is 0 Å². The molecule has 0 spiro atoms. The largest absolute Gasteiger partial charge is 0.414 e. The van der Waals surface area contributed by atoms with Gasteiger partial charge >= 0.3 is 0 Å². The molecule has 4 aliphatic rings. The summed E-state index contributed by atoms with van der Waals surface area (Å²) in [5.74, 6) is 3.85. The minimum atomic E-state index is -1.80. The zero-order chi connectivity index (χ0) is 26.0. The third-order valence-corrected chi connectivity index (χ3v) is 11.1. The fraction of sp³-hybridized carbons (Fsp3) is 0.806. The van der Waals surface area contributed by atoms with Gasteiger partial charge in [-0.3, -0.25) is 0 Å². The quantitative estimate of drug-likeness (QED) is 0.278. The van der Waals surface area contributed by atoms with Gasteiger partial charge in [-0.25, -0.2) is 0 Å². The second-order valence-electron chi connectivity index (χ2n) is 13.7. The summed E-state index contributed by atoms with van der Waals surface area (Å²) in [6.07, 6.45) is 14.9. The van der Waals surface area contributed by atoms with Gasteiger partial charge in [-0.1, -0.05) is 77.0 Å². The zero-order valence-electron chi connectivity index (χ0n) is 25.0. The van der Waals surface area contributed by atoms with Gasteiger partial charge in [0.1, 0.15) is 0 Å². The van der Waals surface area contributed by atoms with Crippen molar-refractivity contribution in [3.63, 3.8) is 0 Å². The van der Waals surface area contributed by atoms with E-state index in [2.05, 4.69) is 85.5 Å². The average Bonchev–Trinajstić information content (AvgIpc) is 3.10. The van der Waals surface area contributed by atoms with Crippen molar-refractivity contribution in [3.8, 4) is 0 Å². The molecule has 0 radical (unpaired) electrons. The lowest BCUT2D eigenvalue weighted by Gasteiger charge is -2.55. The van der Waals surface area contributed by atoms with Crippen LogP contribution in [0.3, 0.4) is 0 Å². The molecule has 5 unspecified atom stereocenters. The highest BCUT2D eigenvalue weighted by atomic mass is 28.4. The summed E-state index contributed by atoms with van der Waals surface area (Å²) >= 11 is 0. The second kappa shape index (κ2) is 9.12. The standard InChI is InChI=1S/C31H52OSi/c1-21(2)22(3)10-11-23(4)27-14-15-28-26-13-12-24-20-25(32-33(7,8)9)16-18-30(24,5)29(26)17-19-31(27,28)6/h10-13,21-23,25,27-29H,14-20H2,1-9H3/b11-10+/t22?,23?,25?,27-,28?,29?,30+,31-/m1/s1/i20D2. The number of allylic oxidation sites excluding steroid dienone is 5. The summed E-state index contributed by atoms with van der Waals surface area (Å²) in [6.45, 7) is 21.0. The van der Waals surface area contributed by atoms with Crippen LogP contribution in [0.2, 0.25) is 19.6 Å². The summed E-state index contributed by atoms with van der Waals surface area (Å²) < 4.78 is 24.7. The Morgan fingerprint density at radius 1 is 0.970 bits per heavy atom. The van der Waals surface area contributed by atoms with E-state index in [-0.39, 0.29) is 11.5 Å². The third kappa shape index (κ3) is 4.77. The Labute approximate surface area is 209 Å².